The monoisotopic (exact) mass is 401 g/mol. The zero-order valence-electron chi connectivity index (χ0n) is 17.7. The van der Waals surface area contributed by atoms with Crippen LogP contribution in [-0.4, -0.2) is 34.4 Å². The molecule has 4 nitrogen and oxygen atoms in total. The summed E-state index contributed by atoms with van der Waals surface area (Å²) in [5, 5.41) is 5.03. The van der Waals surface area contributed by atoms with Crippen molar-refractivity contribution in [2.45, 2.75) is 63.6 Å². The fourth-order valence-corrected chi connectivity index (χ4v) is 5.52. The maximum atomic E-state index is 13.3. The van der Waals surface area contributed by atoms with Gasteiger partial charge in [-0.05, 0) is 68.7 Å². The molecule has 5 rings (SSSR count). The predicted molar refractivity (Wildman–Crippen MR) is 122 cm³/mol. The Morgan fingerprint density at radius 1 is 1.10 bits per heavy atom. The molecule has 1 aromatic heterocycles. The summed E-state index contributed by atoms with van der Waals surface area (Å²) in [6.45, 7) is 2.85. The summed E-state index contributed by atoms with van der Waals surface area (Å²) in [5.74, 6) is 0.130. The van der Waals surface area contributed by atoms with Crippen LogP contribution < -0.4 is 5.32 Å². The molecule has 1 saturated carbocycles. The number of amides is 1. The molecule has 0 aliphatic heterocycles. The SMILES string of the molecule is CCN(C(=O)c1cc2ccccc2[nH]1)C1CCC[C@H](N[C@H]2CCc3ccccc32)C1. The summed E-state index contributed by atoms with van der Waals surface area (Å²) < 4.78 is 0. The van der Waals surface area contributed by atoms with Gasteiger partial charge in [-0.15, -0.1) is 0 Å². The van der Waals surface area contributed by atoms with Crippen LogP contribution >= 0.6 is 0 Å². The number of carbonyl (C=O) groups is 1. The first-order valence-electron chi connectivity index (χ1n) is 11.5. The molecule has 1 fully saturated rings. The number of aromatic amines is 1. The maximum Gasteiger partial charge on any atom is 0.270 e. The summed E-state index contributed by atoms with van der Waals surface area (Å²) in [7, 11) is 0. The van der Waals surface area contributed by atoms with Crippen LogP contribution in [0.2, 0.25) is 0 Å². The predicted octanol–water partition coefficient (Wildman–Crippen LogP) is 5.22. The largest absolute Gasteiger partial charge is 0.351 e. The lowest BCUT2D eigenvalue weighted by Crippen LogP contribution is -2.47. The molecule has 0 radical (unpaired) electrons. The molecule has 156 valence electrons. The van der Waals surface area contributed by atoms with Crippen LogP contribution in [0.25, 0.3) is 10.9 Å². The van der Waals surface area contributed by atoms with E-state index in [1.165, 1.54) is 36.8 Å². The lowest BCUT2D eigenvalue weighted by Gasteiger charge is -2.38. The highest BCUT2D eigenvalue weighted by molar-refractivity contribution is 5.98. The third kappa shape index (κ3) is 3.65. The third-order valence-corrected chi connectivity index (χ3v) is 7.02. The smallest absolute Gasteiger partial charge is 0.270 e. The first kappa shape index (κ1) is 19.4. The van der Waals surface area contributed by atoms with Crippen molar-refractivity contribution in [3.63, 3.8) is 0 Å². The lowest BCUT2D eigenvalue weighted by molar-refractivity contribution is 0.0620. The van der Waals surface area contributed by atoms with Gasteiger partial charge in [0.1, 0.15) is 5.69 Å². The molecule has 2 aromatic carbocycles. The molecule has 3 atom stereocenters. The van der Waals surface area contributed by atoms with Crippen molar-refractivity contribution >= 4 is 16.8 Å². The average molecular weight is 402 g/mol. The van der Waals surface area contributed by atoms with Gasteiger partial charge in [0, 0.05) is 35.6 Å². The number of fused-ring (bicyclic) bond motifs is 2. The van der Waals surface area contributed by atoms with E-state index in [1.807, 2.05) is 24.3 Å². The van der Waals surface area contributed by atoms with Crippen LogP contribution in [0.4, 0.5) is 0 Å². The highest BCUT2D eigenvalue weighted by Crippen LogP contribution is 2.33. The Labute approximate surface area is 178 Å². The highest BCUT2D eigenvalue weighted by Gasteiger charge is 2.32. The molecule has 2 aliphatic rings. The zero-order chi connectivity index (χ0) is 20.5. The fraction of sp³-hybridized carbons (Fsp3) is 0.423. The van der Waals surface area contributed by atoms with E-state index in [9.17, 15) is 4.79 Å². The van der Waals surface area contributed by atoms with Gasteiger partial charge in [0.25, 0.3) is 5.91 Å². The summed E-state index contributed by atoms with van der Waals surface area (Å²) in [6, 6.07) is 20.2. The first-order valence-corrected chi connectivity index (χ1v) is 11.5. The topological polar surface area (TPSA) is 48.1 Å². The molecule has 0 saturated heterocycles. The second-order valence-electron chi connectivity index (χ2n) is 8.84. The number of nitrogens with one attached hydrogen (secondary N) is 2. The lowest BCUT2D eigenvalue weighted by atomic mass is 9.89. The van der Waals surface area contributed by atoms with Gasteiger partial charge in [-0.3, -0.25) is 4.79 Å². The molecule has 3 aromatic rings. The van der Waals surface area contributed by atoms with Gasteiger partial charge in [-0.25, -0.2) is 0 Å². The van der Waals surface area contributed by atoms with Crippen molar-refractivity contribution in [3.05, 3.63) is 71.4 Å². The summed E-state index contributed by atoms with van der Waals surface area (Å²) in [6.07, 6.45) is 6.87. The Hall–Kier alpha value is -2.59. The minimum atomic E-state index is 0.130. The van der Waals surface area contributed by atoms with E-state index in [0.717, 1.165) is 30.3 Å². The molecule has 4 heteroatoms. The second-order valence-corrected chi connectivity index (χ2v) is 8.84. The van der Waals surface area contributed by atoms with Gasteiger partial charge in [-0.1, -0.05) is 42.5 Å². The normalized spacial score (nSPS) is 23.4. The number of para-hydroxylation sites is 1. The Morgan fingerprint density at radius 2 is 1.93 bits per heavy atom. The van der Waals surface area contributed by atoms with Crippen LogP contribution in [0.3, 0.4) is 0 Å². The summed E-state index contributed by atoms with van der Waals surface area (Å²) in [4.78, 5) is 18.7. The maximum absolute atomic E-state index is 13.3. The number of aryl methyl sites for hydroxylation is 1. The van der Waals surface area contributed by atoms with Crippen molar-refractivity contribution in [1.82, 2.24) is 15.2 Å². The third-order valence-electron chi connectivity index (χ3n) is 7.02. The van der Waals surface area contributed by atoms with Gasteiger partial charge in [0.15, 0.2) is 0 Å². The van der Waals surface area contributed by atoms with Crippen LogP contribution in [0.5, 0.6) is 0 Å². The molecular weight excluding hydrogens is 370 g/mol. The van der Waals surface area contributed by atoms with Crippen LogP contribution in [0.15, 0.2) is 54.6 Å². The number of carbonyl (C=O) groups excluding carboxylic acids is 1. The van der Waals surface area contributed by atoms with E-state index in [4.69, 9.17) is 0 Å². The van der Waals surface area contributed by atoms with E-state index in [0.29, 0.717) is 23.8 Å². The van der Waals surface area contributed by atoms with Crippen molar-refractivity contribution in [1.29, 1.82) is 0 Å². The average Bonchev–Trinajstić information content (AvgIpc) is 3.39. The van der Waals surface area contributed by atoms with Crippen LogP contribution in [-0.2, 0) is 6.42 Å². The molecule has 2 aliphatic carbocycles. The van der Waals surface area contributed by atoms with Crippen molar-refractivity contribution in [3.8, 4) is 0 Å². The Bertz CT molecular complexity index is 1010. The van der Waals surface area contributed by atoms with Crippen LogP contribution in [0.1, 0.15) is 66.7 Å². The number of H-pyrrole nitrogens is 1. The van der Waals surface area contributed by atoms with Gasteiger partial charge >= 0.3 is 0 Å². The van der Waals surface area contributed by atoms with Crippen LogP contribution in [0, 0.1) is 0 Å². The standard InChI is InChI=1S/C26H31N3O/c1-2-29(26(30)25-16-19-9-4-6-13-23(19)28-25)21-11-7-10-20(17-21)27-24-15-14-18-8-3-5-12-22(18)24/h3-6,8-9,12-13,16,20-21,24,27-28H,2,7,10-11,14-15,17H2,1H3/t20-,21?,24-/m0/s1. The number of hydrogen-bond donors (Lipinski definition) is 2. The van der Waals surface area contributed by atoms with E-state index in [-0.39, 0.29) is 5.91 Å². The van der Waals surface area contributed by atoms with E-state index in [1.54, 1.807) is 0 Å². The summed E-state index contributed by atoms with van der Waals surface area (Å²) >= 11 is 0. The van der Waals surface area contributed by atoms with Crippen molar-refractivity contribution in [2.24, 2.45) is 0 Å². The Morgan fingerprint density at radius 3 is 2.80 bits per heavy atom. The molecule has 1 heterocycles. The highest BCUT2D eigenvalue weighted by atomic mass is 16.2. The molecule has 2 N–H and O–H groups in total. The Kier molecular flexibility index (Phi) is 5.34. The minimum absolute atomic E-state index is 0.130. The van der Waals surface area contributed by atoms with E-state index in [2.05, 4.69) is 52.5 Å². The molecule has 1 amide bonds. The molecule has 1 unspecified atom stereocenters. The molecular formula is C26H31N3O. The molecule has 0 spiro atoms. The van der Waals surface area contributed by atoms with Crippen molar-refractivity contribution < 1.29 is 4.79 Å². The fourth-order valence-electron chi connectivity index (χ4n) is 5.52. The molecule has 0 bridgehead atoms. The number of nitrogens with zero attached hydrogens (tertiary/aromatic N) is 1. The number of rotatable bonds is 5. The number of benzene rings is 2. The quantitative estimate of drug-likeness (QED) is 0.616. The number of hydrogen-bond acceptors (Lipinski definition) is 2. The van der Waals surface area contributed by atoms with Gasteiger partial charge < -0.3 is 15.2 Å². The van der Waals surface area contributed by atoms with Gasteiger partial charge in [0.2, 0.25) is 0 Å². The minimum Gasteiger partial charge on any atom is -0.351 e. The first-order chi connectivity index (χ1) is 14.7. The van der Waals surface area contributed by atoms with Gasteiger partial charge in [-0.2, -0.15) is 0 Å². The van der Waals surface area contributed by atoms with E-state index < -0.39 is 0 Å². The number of aromatic nitrogens is 1. The van der Waals surface area contributed by atoms with E-state index >= 15 is 0 Å². The second kappa shape index (κ2) is 8.27. The van der Waals surface area contributed by atoms with Crippen molar-refractivity contribution in [2.75, 3.05) is 6.54 Å². The molecule has 30 heavy (non-hydrogen) atoms. The summed E-state index contributed by atoms with van der Waals surface area (Å²) in [5.41, 5.74) is 4.70. The Balaban J connectivity index is 1.29. The zero-order valence-corrected chi connectivity index (χ0v) is 17.7. The van der Waals surface area contributed by atoms with Gasteiger partial charge in [0.05, 0.1) is 0 Å².